The fraction of sp³-hybridized carbons (Fsp3) is 0.480. The lowest BCUT2D eigenvalue weighted by Crippen LogP contribution is -2.51. The molecule has 2 N–H and O–H groups in total. The van der Waals surface area contributed by atoms with Crippen LogP contribution in [0.1, 0.15) is 26.7 Å². The second kappa shape index (κ2) is 10.1. The molecule has 2 unspecified atom stereocenters. The van der Waals surface area contributed by atoms with E-state index in [9.17, 15) is 13.2 Å². The van der Waals surface area contributed by atoms with Crippen LogP contribution in [0.15, 0.2) is 47.8 Å². The van der Waals surface area contributed by atoms with Crippen molar-refractivity contribution in [2.75, 3.05) is 49.5 Å². The van der Waals surface area contributed by atoms with Gasteiger partial charge in [-0.3, -0.25) is 4.79 Å². The lowest BCUT2D eigenvalue weighted by molar-refractivity contribution is -0.130. The van der Waals surface area contributed by atoms with Crippen LogP contribution in [-0.4, -0.2) is 83.8 Å². The molecule has 1 aromatic carbocycles. The van der Waals surface area contributed by atoms with Crippen molar-refractivity contribution in [2.24, 2.45) is 5.92 Å². The molecule has 11 heteroatoms. The number of anilines is 2. The Labute approximate surface area is 211 Å². The van der Waals surface area contributed by atoms with E-state index in [-0.39, 0.29) is 23.4 Å². The number of H-pyrrole nitrogens is 1. The molecule has 36 heavy (non-hydrogen) atoms. The SMILES string of the molecule is CCN(CC)S(=O)(=O)c1ccccc1NCC(=O)N1CCC2CCN(c3ncnc4[nH]ccc34)C2C1. The van der Waals surface area contributed by atoms with Crippen LogP contribution >= 0.6 is 0 Å². The molecule has 3 aromatic rings. The summed E-state index contributed by atoms with van der Waals surface area (Å²) in [5, 5.41) is 4.10. The topological polar surface area (TPSA) is 115 Å². The van der Waals surface area contributed by atoms with Gasteiger partial charge in [0.05, 0.1) is 23.7 Å². The molecule has 1 amide bonds. The summed E-state index contributed by atoms with van der Waals surface area (Å²) in [6.45, 7) is 6.69. The monoisotopic (exact) mass is 511 g/mol. The lowest BCUT2D eigenvalue weighted by atomic mass is 9.92. The standard InChI is InChI=1S/C25H33N7O3S/c1-3-31(4-2)36(34,35)22-8-6-5-7-20(22)27-15-23(33)30-13-10-18-11-14-32(21(18)16-30)25-19-9-12-26-24(19)28-17-29-25/h5-9,12,17-18,21,27H,3-4,10-11,13-16H2,1-2H3,(H,26,28,29). The van der Waals surface area contributed by atoms with Crippen LogP contribution in [0.2, 0.25) is 0 Å². The number of amides is 1. The van der Waals surface area contributed by atoms with Gasteiger partial charge >= 0.3 is 0 Å². The zero-order valence-corrected chi connectivity index (χ0v) is 21.5. The number of sulfonamides is 1. The number of rotatable bonds is 8. The van der Waals surface area contributed by atoms with Crippen LogP contribution in [0.25, 0.3) is 11.0 Å². The highest BCUT2D eigenvalue weighted by atomic mass is 32.2. The molecule has 0 aliphatic carbocycles. The molecule has 5 rings (SSSR count). The molecule has 0 radical (unpaired) electrons. The van der Waals surface area contributed by atoms with Gasteiger partial charge in [-0.2, -0.15) is 4.31 Å². The van der Waals surface area contributed by atoms with E-state index in [0.29, 0.717) is 37.8 Å². The average Bonchev–Trinajstić information content (AvgIpc) is 3.54. The van der Waals surface area contributed by atoms with Gasteiger partial charge in [0.1, 0.15) is 22.7 Å². The summed E-state index contributed by atoms with van der Waals surface area (Å²) in [6.07, 6.45) is 5.48. The van der Waals surface area contributed by atoms with E-state index < -0.39 is 10.0 Å². The number of likely N-dealkylation sites (tertiary alicyclic amines) is 1. The van der Waals surface area contributed by atoms with E-state index in [1.54, 1.807) is 30.6 Å². The van der Waals surface area contributed by atoms with Crippen LogP contribution in [0, 0.1) is 5.92 Å². The van der Waals surface area contributed by atoms with Gasteiger partial charge in [-0.05, 0) is 37.0 Å². The highest BCUT2D eigenvalue weighted by Gasteiger charge is 2.40. The third kappa shape index (κ3) is 4.41. The van der Waals surface area contributed by atoms with Gasteiger partial charge in [-0.15, -0.1) is 0 Å². The Morgan fingerprint density at radius 1 is 1.14 bits per heavy atom. The number of fused-ring (bicyclic) bond motifs is 2. The third-order valence-corrected chi connectivity index (χ3v) is 9.57. The first-order valence-corrected chi connectivity index (χ1v) is 14.0. The molecule has 2 saturated heterocycles. The van der Waals surface area contributed by atoms with Crippen molar-refractivity contribution in [1.82, 2.24) is 24.2 Å². The minimum atomic E-state index is -3.64. The molecule has 4 heterocycles. The Hall–Kier alpha value is -3.18. The van der Waals surface area contributed by atoms with Crippen LogP contribution < -0.4 is 10.2 Å². The van der Waals surface area contributed by atoms with Crippen LogP contribution in [-0.2, 0) is 14.8 Å². The number of hydrogen-bond donors (Lipinski definition) is 2. The van der Waals surface area contributed by atoms with Crippen molar-refractivity contribution >= 4 is 38.5 Å². The molecule has 2 aliphatic heterocycles. The predicted molar refractivity (Wildman–Crippen MR) is 139 cm³/mol. The van der Waals surface area contributed by atoms with Gasteiger partial charge in [0.2, 0.25) is 15.9 Å². The molecule has 2 aromatic heterocycles. The third-order valence-electron chi connectivity index (χ3n) is 7.46. The van der Waals surface area contributed by atoms with Gasteiger partial charge in [0, 0.05) is 38.9 Å². The number of aromatic amines is 1. The summed E-state index contributed by atoms with van der Waals surface area (Å²) in [7, 11) is -3.64. The summed E-state index contributed by atoms with van der Waals surface area (Å²) in [5.41, 5.74) is 1.26. The van der Waals surface area contributed by atoms with Gasteiger partial charge < -0.3 is 20.1 Å². The number of nitrogens with zero attached hydrogens (tertiary/aromatic N) is 5. The van der Waals surface area contributed by atoms with E-state index in [1.807, 2.05) is 31.0 Å². The molecule has 0 bridgehead atoms. The van der Waals surface area contributed by atoms with E-state index in [4.69, 9.17) is 0 Å². The Morgan fingerprint density at radius 3 is 2.72 bits per heavy atom. The Morgan fingerprint density at radius 2 is 1.92 bits per heavy atom. The summed E-state index contributed by atoms with van der Waals surface area (Å²) >= 11 is 0. The van der Waals surface area contributed by atoms with Gasteiger partial charge in [0.25, 0.3) is 0 Å². The number of benzene rings is 1. The highest BCUT2D eigenvalue weighted by molar-refractivity contribution is 7.89. The first kappa shape index (κ1) is 24.5. The minimum Gasteiger partial charge on any atom is -0.375 e. The predicted octanol–water partition coefficient (Wildman–Crippen LogP) is 2.53. The van der Waals surface area contributed by atoms with Crippen molar-refractivity contribution < 1.29 is 13.2 Å². The second-order valence-corrected chi connectivity index (χ2v) is 11.2. The molecular weight excluding hydrogens is 478 g/mol. The summed E-state index contributed by atoms with van der Waals surface area (Å²) in [5.74, 6) is 1.40. The number of aromatic nitrogens is 3. The zero-order valence-electron chi connectivity index (χ0n) is 20.7. The Bertz CT molecular complexity index is 1340. The van der Waals surface area contributed by atoms with Crippen molar-refractivity contribution in [3.05, 3.63) is 42.9 Å². The number of carbonyl (C=O) groups is 1. The number of hydrogen-bond acceptors (Lipinski definition) is 7. The van der Waals surface area contributed by atoms with E-state index in [2.05, 4.69) is 25.2 Å². The molecular formula is C25H33N7O3S. The molecule has 10 nitrogen and oxygen atoms in total. The molecule has 0 saturated carbocycles. The van der Waals surface area contributed by atoms with E-state index in [0.717, 1.165) is 36.2 Å². The Kier molecular flexibility index (Phi) is 6.85. The van der Waals surface area contributed by atoms with Gasteiger partial charge in [-0.25, -0.2) is 18.4 Å². The maximum absolute atomic E-state index is 13.2. The van der Waals surface area contributed by atoms with Gasteiger partial charge in [0.15, 0.2) is 0 Å². The molecule has 192 valence electrons. The van der Waals surface area contributed by atoms with Crippen LogP contribution in [0.5, 0.6) is 0 Å². The van der Waals surface area contributed by atoms with Crippen LogP contribution in [0.4, 0.5) is 11.5 Å². The maximum Gasteiger partial charge on any atom is 0.245 e. The number of para-hydroxylation sites is 1. The normalized spacial score (nSPS) is 20.2. The van der Waals surface area contributed by atoms with Crippen molar-refractivity contribution in [3.63, 3.8) is 0 Å². The highest BCUT2D eigenvalue weighted by Crippen LogP contribution is 2.36. The smallest absolute Gasteiger partial charge is 0.245 e. The van der Waals surface area contributed by atoms with Crippen molar-refractivity contribution in [3.8, 4) is 0 Å². The molecule has 2 atom stereocenters. The largest absolute Gasteiger partial charge is 0.375 e. The maximum atomic E-state index is 13.2. The second-order valence-electron chi connectivity index (χ2n) is 9.31. The lowest BCUT2D eigenvalue weighted by Gasteiger charge is -2.39. The van der Waals surface area contributed by atoms with E-state index >= 15 is 0 Å². The number of piperidine rings is 1. The summed E-state index contributed by atoms with van der Waals surface area (Å²) < 4.78 is 27.6. The van der Waals surface area contributed by atoms with Crippen molar-refractivity contribution in [1.29, 1.82) is 0 Å². The van der Waals surface area contributed by atoms with E-state index in [1.165, 1.54) is 4.31 Å². The fourth-order valence-electron chi connectivity index (χ4n) is 5.54. The first-order valence-electron chi connectivity index (χ1n) is 12.6. The summed E-state index contributed by atoms with van der Waals surface area (Å²) in [4.78, 5) is 29.7. The van der Waals surface area contributed by atoms with Crippen molar-refractivity contribution in [2.45, 2.75) is 37.6 Å². The molecule has 2 aliphatic rings. The van der Waals surface area contributed by atoms with Gasteiger partial charge in [-0.1, -0.05) is 26.0 Å². The number of nitrogens with one attached hydrogen (secondary N) is 2. The molecule has 0 spiro atoms. The zero-order chi connectivity index (χ0) is 25.3. The summed E-state index contributed by atoms with van der Waals surface area (Å²) in [6, 6.07) is 8.98. The quantitative estimate of drug-likeness (QED) is 0.478. The fourth-order valence-corrected chi connectivity index (χ4v) is 7.17. The van der Waals surface area contributed by atoms with Crippen LogP contribution in [0.3, 0.4) is 0 Å². The average molecular weight is 512 g/mol. The Balaban J connectivity index is 1.29. The first-order chi connectivity index (χ1) is 17.4. The molecule has 2 fully saturated rings. The number of carbonyl (C=O) groups excluding carboxylic acids is 1. The minimum absolute atomic E-state index is 0.0372.